The minimum absolute atomic E-state index is 0.385. The average molecular weight is 248 g/mol. The van der Waals surface area contributed by atoms with Crippen molar-refractivity contribution in [2.75, 3.05) is 27.2 Å². The van der Waals surface area contributed by atoms with E-state index in [1.165, 1.54) is 24.0 Å². The zero-order chi connectivity index (χ0) is 13.0. The SMILES string of the molecule is CN(C)CCCNC1CCCc2ccc(O)cc21. The fraction of sp³-hybridized carbons (Fsp3) is 0.600. The largest absolute Gasteiger partial charge is 0.508 e. The van der Waals surface area contributed by atoms with Crippen LogP contribution in [0.15, 0.2) is 18.2 Å². The Labute approximate surface area is 110 Å². The molecule has 0 aromatic heterocycles. The van der Waals surface area contributed by atoms with E-state index in [1.807, 2.05) is 6.07 Å². The van der Waals surface area contributed by atoms with Crippen LogP contribution in [0.3, 0.4) is 0 Å². The molecule has 3 heteroatoms. The zero-order valence-corrected chi connectivity index (χ0v) is 11.4. The summed E-state index contributed by atoms with van der Waals surface area (Å²) in [5.74, 6) is 0.385. The van der Waals surface area contributed by atoms with Crippen molar-refractivity contribution in [1.82, 2.24) is 10.2 Å². The van der Waals surface area contributed by atoms with Gasteiger partial charge in [0, 0.05) is 6.04 Å². The minimum atomic E-state index is 0.385. The van der Waals surface area contributed by atoms with Crippen molar-refractivity contribution in [3.63, 3.8) is 0 Å². The fourth-order valence-electron chi connectivity index (χ4n) is 2.67. The van der Waals surface area contributed by atoms with Gasteiger partial charge in [0.1, 0.15) is 5.75 Å². The molecule has 2 N–H and O–H groups in total. The first kappa shape index (κ1) is 13.4. The number of hydrogen-bond acceptors (Lipinski definition) is 3. The Balaban J connectivity index is 1.93. The van der Waals surface area contributed by atoms with Gasteiger partial charge in [-0.3, -0.25) is 0 Å². The van der Waals surface area contributed by atoms with Gasteiger partial charge in [0.05, 0.1) is 0 Å². The van der Waals surface area contributed by atoms with E-state index in [9.17, 15) is 5.11 Å². The van der Waals surface area contributed by atoms with Gasteiger partial charge in [-0.1, -0.05) is 6.07 Å². The van der Waals surface area contributed by atoms with Crippen LogP contribution >= 0.6 is 0 Å². The van der Waals surface area contributed by atoms with E-state index < -0.39 is 0 Å². The Hall–Kier alpha value is -1.06. The molecule has 0 amide bonds. The lowest BCUT2D eigenvalue weighted by atomic mass is 9.87. The van der Waals surface area contributed by atoms with Gasteiger partial charge in [-0.15, -0.1) is 0 Å². The predicted molar refractivity (Wildman–Crippen MR) is 75.0 cm³/mol. The van der Waals surface area contributed by atoms with Crippen LogP contribution in [0.25, 0.3) is 0 Å². The molecule has 1 aromatic carbocycles. The molecule has 3 nitrogen and oxygen atoms in total. The number of benzene rings is 1. The van der Waals surface area contributed by atoms with Gasteiger partial charge < -0.3 is 15.3 Å². The van der Waals surface area contributed by atoms with Crippen molar-refractivity contribution in [3.8, 4) is 5.75 Å². The highest BCUT2D eigenvalue weighted by Crippen LogP contribution is 2.31. The Morgan fingerprint density at radius 2 is 2.22 bits per heavy atom. The van der Waals surface area contributed by atoms with Crippen LogP contribution in [-0.2, 0) is 6.42 Å². The number of aryl methyl sites for hydroxylation is 1. The molecule has 0 heterocycles. The van der Waals surface area contributed by atoms with Crippen LogP contribution in [0.4, 0.5) is 0 Å². The maximum atomic E-state index is 9.62. The predicted octanol–water partition coefficient (Wildman–Crippen LogP) is 2.31. The summed E-state index contributed by atoms with van der Waals surface area (Å²) in [6, 6.07) is 6.21. The van der Waals surface area contributed by atoms with Crippen LogP contribution in [0.1, 0.15) is 36.4 Å². The van der Waals surface area contributed by atoms with Crippen molar-refractivity contribution >= 4 is 0 Å². The lowest BCUT2D eigenvalue weighted by Gasteiger charge is -2.27. The monoisotopic (exact) mass is 248 g/mol. The van der Waals surface area contributed by atoms with Gasteiger partial charge in [-0.2, -0.15) is 0 Å². The third-order valence-corrected chi connectivity index (χ3v) is 3.62. The number of hydrogen-bond donors (Lipinski definition) is 2. The molecule has 1 aromatic rings. The van der Waals surface area contributed by atoms with Crippen molar-refractivity contribution in [2.45, 2.75) is 31.7 Å². The number of rotatable bonds is 5. The summed E-state index contributed by atoms with van der Waals surface area (Å²) in [6.45, 7) is 2.16. The first-order valence-corrected chi connectivity index (χ1v) is 6.87. The van der Waals surface area contributed by atoms with E-state index in [4.69, 9.17) is 0 Å². The molecule has 1 atom stereocenters. The summed E-state index contributed by atoms with van der Waals surface area (Å²) < 4.78 is 0. The van der Waals surface area contributed by atoms with Gasteiger partial charge in [0.2, 0.25) is 0 Å². The van der Waals surface area contributed by atoms with E-state index in [1.54, 1.807) is 6.07 Å². The van der Waals surface area contributed by atoms with Crippen molar-refractivity contribution in [1.29, 1.82) is 0 Å². The van der Waals surface area contributed by atoms with Gasteiger partial charge >= 0.3 is 0 Å². The van der Waals surface area contributed by atoms with Gasteiger partial charge in [0.25, 0.3) is 0 Å². The van der Waals surface area contributed by atoms with Crippen molar-refractivity contribution in [2.24, 2.45) is 0 Å². The number of nitrogens with one attached hydrogen (secondary N) is 1. The first-order valence-electron chi connectivity index (χ1n) is 6.87. The molecule has 0 bridgehead atoms. The maximum absolute atomic E-state index is 9.62. The molecule has 0 saturated heterocycles. The summed E-state index contributed by atoms with van der Waals surface area (Å²) in [6.07, 6.45) is 4.73. The molecule has 1 aliphatic carbocycles. The summed E-state index contributed by atoms with van der Waals surface area (Å²) >= 11 is 0. The number of nitrogens with zero attached hydrogens (tertiary/aromatic N) is 1. The van der Waals surface area contributed by atoms with Gasteiger partial charge in [-0.05, 0) is 76.1 Å². The summed E-state index contributed by atoms with van der Waals surface area (Å²) in [5, 5.41) is 13.2. The molecule has 1 unspecified atom stereocenters. The molecular weight excluding hydrogens is 224 g/mol. The van der Waals surface area contributed by atoms with Crippen molar-refractivity contribution in [3.05, 3.63) is 29.3 Å². The molecule has 100 valence electrons. The van der Waals surface area contributed by atoms with E-state index >= 15 is 0 Å². The molecule has 2 rings (SSSR count). The Kier molecular flexibility index (Phi) is 4.61. The second kappa shape index (κ2) is 6.21. The molecule has 0 spiro atoms. The first-order chi connectivity index (χ1) is 8.66. The smallest absolute Gasteiger partial charge is 0.115 e. The average Bonchev–Trinajstić information content (AvgIpc) is 2.34. The Bertz CT molecular complexity index is 390. The number of phenols is 1. The minimum Gasteiger partial charge on any atom is -0.508 e. The highest BCUT2D eigenvalue weighted by atomic mass is 16.3. The van der Waals surface area contributed by atoms with E-state index in [0.717, 1.165) is 25.9 Å². The normalized spacial score (nSPS) is 18.9. The molecule has 0 fully saturated rings. The van der Waals surface area contributed by atoms with Crippen LogP contribution in [0.5, 0.6) is 5.75 Å². The maximum Gasteiger partial charge on any atom is 0.115 e. The summed E-state index contributed by atoms with van der Waals surface area (Å²) in [7, 11) is 4.21. The highest BCUT2D eigenvalue weighted by Gasteiger charge is 2.19. The van der Waals surface area contributed by atoms with Crippen LogP contribution in [0, 0.1) is 0 Å². The summed E-state index contributed by atoms with van der Waals surface area (Å²) in [4.78, 5) is 2.21. The van der Waals surface area contributed by atoms with Gasteiger partial charge in [-0.25, -0.2) is 0 Å². The lowest BCUT2D eigenvalue weighted by Crippen LogP contribution is -2.28. The number of phenolic OH excluding ortho intramolecular Hbond substituents is 1. The van der Waals surface area contributed by atoms with E-state index in [2.05, 4.69) is 30.4 Å². The second-order valence-electron chi connectivity index (χ2n) is 5.44. The standard InChI is InChI=1S/C15H24N2O/c1-17(2)10-4-9-16-15-6-3-5-12-7-8-13(18)11-14(12)15/h7-8,11,15-16,18H,3-6,9-10H2,1-2H3. The third-order valence-electron chi connectivity index (χ3n) is 3.62. The molecule has 0 radical (unpaired) electrons. The van der Waals surface area contributed by atoms with Crippen LogP contribution < -0.4 is 5.32 Å². The van der Waals surface area contributed by atoms with Crippen LogP contribution in [0.2, 0.25) is 0 Å². The zero-order valence-electron chi connectivity index (χ0n) is 11.4. The van der Waals surface area contributed by atoms with E-state index in [0.29, 0.717) is 11.8 Å². The quantitative estimate of drug-likeness (QED) is 0.785. The Morgan fingerprint density at radius 1 is 1.39 bits per heavy atom. The molecule has 18 heavy (non-hydrogen) atoms. The van der Waals surface area contributed by atoms with Crippen molar-refractivity contribution < 1.29 is 5.11 Å². The second-order valence-corrected chi connectivity index (χ2v) is 5.44. The molecular formula is C15H24N2O. The van der Waals surface area contributed by atoms with E-state index in [-0.39, 0.29) is 0 Å². The molecule has 0 aliphatic heterocycles. The lowest BCUT2D eigenvalue weighted by molar-refractivity contribution is 0.378. The number of aromatic hydroxyl groups is 1. The number of fused-ring (bicyclic) bond motifs is 1. The topological polar surface area (TPSA) is 35.5 Å². The third kappa shape index (κ3) is 3.47. The highest BCUT2D eigenvalue weighted by molar-refractivity contribution is 5.38. The molecule has 0 saturated carbocycles. The fourth-order valence-corrected chi connectivity index (χ4v) is 2.67. The van der Waals surface area contributed by atoms with Crippen LogP contribution in [-0.4, -0.2) is 37.2 Å². The Morgan fingerprint density at radius 3 is 3.00 bits per heavy atom. The molecule has 1 aliphatic rings. The summed E-state index contributed by atoms with van der Waals surface area (Å²) in [5.41, 5.74) is 2.69. The van der Waals surface area contributed by atoms with Gasteiger partial charge in [0.15, 0.2) is 0 Å².